The lowest BCUT2D eigenvalue weighted by Gasteiger charge is -2.48. The summed E-state index contributed by atoms with van der Waals surface area (Å²) < 4.78 is 0. The monoisotopic (exact) mass is 426 g/mol. The first-order valence-electron chi connectivity index (χ1n) is 12.1. The molecule has 1 unspecified atom stereocenters. The Morgan fingerprint density at radius 1 is 0.935 bits per heavy atom. The highest BCUT2D eigenvalue weighted by atomic mass is 16.2. The van der Waals surface area contributed by atoms with Crippen molar-refractivity contribution in [1.82, 2.24) is 10.2 Å². The molecule has 2 amide bonds. The third kappa shape index (κ3) is 5.59. The number of benzene rings is 1. The Bertz CT molecular complexity index is 743. The minimum absolute atomic E-state index is 0.0548. The van der Waals surface area contributed by atoms with Crippen molar-refractivity contribution in [3.63, 3.8) is 0 Å². The van der Waals surface area contributed by atoms with Gasteiger partial charge in [-0.1, -0.05) is 25.7 Å². The zero-order valence-electron chi connectivity index (χ0n) is 19.1. The van der Waals surface area contributed by atoms with Crippen LogP contribution in [0.3, 0.4) is 0 Å². The number of hydrogen-bond donors (Lipinski definition) is 2. The molecule has 6 heteroatoms. The molecule has 0 radical (unpaired) electrons. The number of fused-ring (bicyclic) bond motifs is 2. The molecule has 0 spiro atoms. The first kappa shape index (κ1) is 22.1. The Labute approximate surface area is 186 Å². The van der Waals surface area contributed by atoms with E-state index in [0.717, 1.165) is 49.9 Å². The normalized spacial score (nSPS) is 26.8. The molecule has 3 fully saturated rings. The van der Waals surface area contributed by atoms with Crippen LogP contribution in [-0.2, 0) is 9.59 Å². The number of amides is 2. The van der Waals surface area contributed by atoms with Crippen molar-refractivity contribution in [2.75, 3.05) is 30.9 Å². The number of carbonyl (C=O) groups excluding carboxylic acids is 2. The zero-order valence-corrected chi connectivity index (χ0v) is 19.1. The van der Waals surface area contributed by atoms with Gasteiger partial charge in [0.2, 0.25) is 11.8 Å². The first-order valence-corrected chi connectivity index (χ1v) is 12.1. The predicted octanol–water partition coefficient (Wildman–Crippen LogP) is 3.77. The SMILES string of the molecule is CN(C)c1ccc(NC(=O)CN2[C@@H]3CCC[C@H]2CC(NC(=O)C2CCCCC2)C3)cc1. The molecule has 1 aromatic rings. The van der Waals surface area contributed by atoms with E-state index in [0.29, 0.717) is 18.6 Å². The number of rotatable bonds is 6. The quantitative estimate of drug-likeness (QED) is 0.727. The van der Waals surface area contributed by atoms with Crippen LogP contribution < -0.4 is 15.5 Å². The molecule has 2 bridgehead atoms. The van der Waals surface area contributed by atoms with Gasteiger partial charge in [0.25, 0.3) is 0 Å². The lowest BCUT2D eigenvalue weighted by molar-refractivity contribution is -0.128. The average Bonchev–Trinajstić information content (AvgIpc) is 2.75. The summed E-state index contributed by atoms with van der Waals surface area (Å²) in [6.07, 6.45) is 11.2. The van der Waals surface area contributed by atoms with Crippen LogP contribution in [0.15, 0.2) is 24.3 Å². The van der Waals surface area contributed by atoms with Crippen molar-refractivity contribution in [3.05, 3.63) is 24.3 Å². The van der Waals surface area contributed by atoms with Crippen LogP contribution in [0, 0.1) is 5.92 Å². The molecule has 3 aliphatic rings. The smallest absolute Gasteiger partial charge is 0.238 e. The largest absolute Gasteiger partial charge is 0.378 e. The second kappa shape index (κ2) is 10.0. The van der Waals surface area contributed by atoms with Gasteiger partial charge in [0.05, 0.1) is 6.54 Å². The topological polar surface area (TPSA) is 64.7 Å². The van der Waals surface area contributed by atoms with Gasteiger partial charge < -0.3 is 15.5 Å². The summed E-state index contributed by atoms with van der Waals surface area (Å²) >= 11 is 0. The van der Waals surface area contributed by atoms with Crippen LogP contribution in [0.25, 0.3) is 0 Å². The van der Waals surface area contributed by atoms with Crippen LogP contribution in [-0.4, -0.2) is 55.5 Å². The standard InChI is InChI=1S/C25H38N4O2/c1-28(2)21-13-11-19(12-14-21)26-24(30)17-29-22-9-6-10-23(29)16-20(15-22)27-25(31)18-7-4-3-5-8-18/h11-14,18,20,22-23H,3-10,15-17H2,1-2H3,(H,26,30)(H,27,31)/t20?,22-,23+. The third-order valence-corrected chi connectivity index (χ3v) is 7.44. The second-order valence-corrected chi connectivity index (χ2v) is 9.91. The maximum Gasteiger partial charge on any atom is 0.238 e. The minimum atomic E-state index is 0.0548. The second-order valence-electron chi connectivity index (χ2n) is 9.91. The number of piperidine rings is 2. The molecule has 6 nitrogen and oxygen atoms in total. The Morgan fingerprint density at radius 2 is 1.58 bits per heavy atom. The van der Waals surface area contributed by atoms with Gasteiger partial charge in [0.15, 0.2) is 0 Å². The summed E-state index contributed by atoms with van der Waals surface area (Å²) in [7, 11) is 4.01. The molecule has 2 saturated heterocycles. The average molecular weight is 427 g/mol. The van der Waals surface area contributed by atoms with Crippen molar-refractivity contribution >= 4 is 23.2 Å². The van der Waals surface area contributed by atoms with E-state index in [9.17, 15) is 9.59 Å². The lowest BCUT2D eigenvalue weighted by Crippen LogP contribution is -2.58. The maximum atomic E-state index is 12.8. The molecule has 2 N–H and O–H groups in total. The summed E-state index contributed by atoms with van der Waals surface area (Å²) in [6.45, 7) is 0.439. The van der Waals surface area contributed by atoms with E-state index >= 15 is 0 Å². The van der Waals surface area contributed by atoms with E-state index in [4.69, 9.17) is 0 Å². The number of nitrogens with zero attached hydrogens (tertiary/aromatic N) is 2. The van der Waals surface area contributed by atoms with E-state index in [1.165, 1.54) is 25.7 Å². The Kier molecular flexibility index (Phi) is 7.16. The van der Waals surface area contributed by atoms with Crippen molar-refractivity contribution < 1.29 is 9.59 Å². The van der Waals surface area contributed by atoms with E-state index < -0.39 is 0 Å². The number of hydrogen-bond acceptors (Lipinski definition) is 4. The molecule has 1 aromatic carbocycles. The molecule has 170 valence electrons. The lowest BCUT2D eigenvalue weighted by atomic mass is 9.81. The zero-order chi connectivity index (χ0) is 21.8. The van der Waals surface area contributed by atoms with E-state index in [1.807, 2.05) is 43.3 Å². The maximum absolute atomic E-state index is 12.8. The highest BCUT2D eigenvalue weighted by molar-refractivity contribution is 5.92. The number of nitrogens with one attached hydrogen (secondary N) is 2. The summed E-state index contributed by atoms with van der Waals surface area (Å²) in [5, 5.41) is 6.44. The Morgan fingerprint density at radius 3 is 2.19 bits per heavy atom. The van der Waals surface area contributed by atoms with Gasteiger partial charge in [0, 0.05) is 49.5 Å². The van der Waals surface area contributed by atoms with Gasteiger partial charge in [-0.2, -0.15) is 0 Å². The van der Waals surface area contributed by atoms with Gasteiger partial charge in [-0.25, -0.2) is 0 Å². The Balaban J connectivity index is 1.30. The summed E-state index contributed by atoms with van der Waals surface area (Å²) in [4.78, 5) is 29.9. The molecule has 2 aliphatic heterocycles. The molecular formula is C25H38N4O2. The van der Waals surface area contributed by atoms with Gasteiger partial charge >= 0.3 is 0 Å². The highest BCUT2D eigenvalue weighted by Crippen LogP contribution is 2.34. The molecule has 1 aliphatic carbocycles. The first-order chi connectivity index (χ1) is 15.0. The molecule has 3 atom stereocenters. The van der Waals surface area contributed by atoms with Crippen LogP contribution in [0.4, 0.5) is 11.4 Å². The summed E-state index contributed by atoms with van der Waals surface area (Å²) in [5.41, 5.74) is 1.96. The molecule has 0 aromatic heterocycles. The fourth-order valence-corrected chi connectivity index (χ4v) is 5.75. The molecule has 4 rings (SSSR count). The molecule has 2 heterocycles. The predicted molar refractivity (Wildman–Crippen MR) is 125 cm³/mol. The number of anilines is 2. The molecule has 31 heavy (non-hydrogen) atoms. The van der Waals surface area contributed by atoms with E-state index in [1.54, 1.807) is 0 Å². The fourth-order valence-electron chi connectivity index (χ4n) is 5.75. The van der Waals surface area contributed by atoms with Crippen molar-refractivity contribution in [2.45, 2.75) is 82.3 Å². The highest BCUT2D eigenvalue weighted by Gasteiger charge is 2.40. The Hall–Kier alpha value is -2.08. The van der Waals surface area contributed by atoms with Crippen LogP contribution in [0.5, 0.6) is 0 Å². The van der Waals surface area contributed by atoms with Crippen molar-refractivity contribution in [1.29, 1.82) is 0 Å². The van der Waals surface area contributed by atoms with Gasteiger partial charge in [0.1, 0.15) is 0 Å². The van der Waals surface area contributed by atoms with Crippen LogP contribution in [0.1, 0.15) is 64.2 Å². The molecular weight excluding hydrogens is 388 g/mol. The third-order valence-electron chi connectivity index (χ3n) is 7.44. The van der Waals surface area contributed by atoms with Crippen LogP contribution >= 0.6 is 0 Å². The van der Waals surface area contributed by atoms with Gasteiger partial charge in [-0.05, 0) is 62.8 Å². The van der Waals surface area contributed by atoms with Crippen LogP contribution in [0.2, 0.25) is 0 Å². The molecule has 1 saturated carbocycles. The summed E-state index contributed by atoms with van der Waals surface area (Å²) in [6, 6.07) is 9.01. The van der Waals surface area contributed by atoms with E-state index in [-0.39, 0.29) is 23.8 Å². The number of carbonyl (C=O) groups is 2. The van der Waals surface area contributed by atoms with Gasteiger partial charge in [-0.3, -0.25) is 14.5 Å². The van der Waals surface area contributed by atoms with Crippen molar-refractivity contribution in [3.8, 4) is 0 Å². The van der Waals surface area contributed by atoms with E-state index in [2.05, 4.69) is 15.5 Å². The summed E-state index contributed by atoms with van der Waals surface area (Å²) in [5.74, 6) is 0.547. The van der Waals surface area contributed by atoms with Gasteiger partial charge in [-0.15, -0.1) is 0 Å². The van der Waals surface area contributed by atoms with Crippen molar-refractivity contribution in [2.24, 2.45) is 5.92 Å². The fraction of sp³-hybridized carbons (Fsp3) is 0.680. The minimum Gasteiger partial charge on any atom is -0.378 e.